The van der Waals surface area contributed by atoms with Gasteiger partial charge in [-0.25, -0.2) is 9.59 Å². The SMILES string of the molecule is COCC(C)OC(=O)COOC(C)=O. The van der Waals surface area contributed by atoms with Crippen LogP contribution in [0, 0.1) is 0 Å². The Morgan fingerprint density at radius 3 is 2.50 bits per heavy atom. The smallest absolute Gasteiger partial charge is 0.339 e. The molecule has 0 fully saturated rings. The molecule has 0 spiro atoms. The number of carbonyl (C=O) groups excluding carboxylic acids is 2. The van der Waals surface area contributed by atoms with E-state index in [-0.39, 0.29) is 6.10 Å². The molecule has 0 bridgehead atoms. The quantitative estimate of drug-likeness (QED) is 0.347. The predicted molar refractivity (Wildman–Crippen MR) is 45.1 cm³/mol. The van der Waals surface area contributed by atoms with Crippen molar-refractivity contribution < 1.29 is 28.8 Å². The van der Waals surface area contributed by atoms with Crippen molar-refractivity contribution in [1.29, 1.82) is 0 Å². The van der Waals surface area contributed by atoms with E-state index in [0.29, 0.717) is 6.61 Å². The van der Waals surface area contributed by atoms with E-state index in [4.69, 9.17) is 9.47 Å². The van der Waals surface area contributed by atoms with Gasteiger partial charge < -0.3 is 9.47 Å². The van der Waals surface area contributed by atoms with Crippen LogP contribution in [-0.2, 0) is 28.8 Å². The van der Waals surface area contributed by atoms with Gasteiger partial charge in [-0.15, -0.1) is 0 Å². The first kappa shape index (κ1) is 12.9. The number of hydrogen-bond acceptors (Lipinski definition) is 6. The van der Waals surface area contributed by atoms with Crippen LogP contribution in [0.15, 0.2) is 0 Å². The second-order valence-corrected chi connectivity index (χ2v) is 2.59. The fraction of sp³-hybridized carbons (Fsp3) is 0.750. The van der Waals surface area contributed by atoms with Gasteiger partial charge in [-0.3, -0.25) is 4.89 Å². The molecule has 1 unspecified atom stereocenters. The Kier molecular flexibility index (Phi) is 6.69. The third-order valence-corrected chi connectivity index (χ3v) is 1.09. The van der Waals surface area contributed by atoms with Crippen LogP contribution in [0.25, 0.3) is 0 Å². The summed E-state index contributed by atoms with van der Waals surface area (Å²) in [5.41, 5.74) is 0. The van der Waals surface area contributed by atoms with Crippen molar-refractivity contribution in [3.05, 3.63) is 0 Å². The number of esters is 1. The maximum atomic E-state index is 10.9. The van der Waals surface area contributed by atoms with E-state index in [9.17, 15) is 9.59 Å². The van der Waals surface area contributed by atoms with E-state index in [1.807, 2.05) is 0 Å². The van der Waals surface area contributed by atoms with E-state index < -0.39 is 18.5 Å². The van der Waals surface area contributed by atoms with Gasteiger partial charge in [-0.05, 0) is 6.92 Å². The van der Waals surface area contributed by atoms with Gasteiger partial charge in [0.2, 0.25) is 0 Å². The first-order valence-corrected chi connectivity index (χ1v) is 4.04. The zero-order valence-corrected chi connectivity index (χ0v) is 8.44. The maximum Gasteiger partial charge on any atom is 0.339 e. The van der Waals surface area contributed by atoms with Gasteiger partial charge in [-0.1, -0.05) is 0 Å². The summed E-state index contributed by atoms with van der Waals surface area (Å²) in [5, 5.41) is 0. The standard InChI is InChI=1S/C8H14O6/c1-6(4-11-3)13-8(10)5-12-14-7(2)9/h6H,4-5H2,1-3H3. The van der Waals surface area contributed by atoms with Crippen LogP contribution in [0.3, 0.4) is 0 Å². The van der Waals surface area contributed by atoms with E-state index in [0.717, 1.165) is 0 Å². The van der Waals surface area contributed by atoms with Gasteiger partial charge in [-0.2, -0.15) is 4.89 Å². The summed E-state index contributed by atoms with van der Waals surface area (Å²) < 4.78 is 9.54. The third-order valence-electron chi connectivity index (χ3n) is 1.09. The molecule has 0 aliphatic heterocycles. The summed E-state index contributed by atoms with van der Waals surface area (Å²) >= 11 is 0. The summed E-state index contributed by atoms with van der Waals surface area (Å²) in [6.07, 6.45) is -0.353. The minimum Gasteiger partial charge on any atom is -0.458 e. The zero-order chi connectivity index (χ0) is 11.0. The molecule has 0 aliphatic rings. The van der Waals surface area contributed by atoms with Crippen molar-refractivity contribution in [1.82, 2.24) is 0 Å². The lowest BCUT2D eigenvalue weighted by atomic mass is 10.4. The molecule has 1 atom stereocenters. The van der Waals surface area contributed by atoms with Crippen LogP contribution in [0.1, 0.15) is 13.8 Å². The maximum absolute atomic E-state index is 10.9. The van der Waals surface area contributed by atoms with E-state index in [2.05, 4.69) is 9.78 Å². The van der Waals surface area contributed by atoms with Crippen molar-refractivity contribution in [2.24, 2.45) is 0 Å². The lowest BCUT2D eigenvalue weighted by molar-refractivity contribution is -0.270. The van der Waals surface area contributed by atoms with Crippen LogP contribution in [0.4, 0.5) is 0 Å². The van der Waals surface area contributed by atoms with Crippen LogP contribution >= 0.6 is 0 Å². The third kappa shape index (κ3) is 7.51. The van der Waals surface area contributed by atoms with E-state index in [1.54, 1.807) is 6.92 Å². The topological polar surface area (TPSA) is 71.1 Å². The molecule has 0 aliphatic carbocycles. The van der Waals surface area contributed by atoms with Crippen LogP contribution in [0.2, 0.25) is 0 Å². The average Bonchev–Trinajstić information content (AvgIpc) is 2.03. The van der Waals surface area contributed by atoms with Crippen LogP contribution in [-0.4, -0.2) is 38.4 Å². The zero-order valence-electron chi connectivity index (χ0n) is 8.44. The summed E-state index contributed by atoms with van der Waals surface area (Å²) in [4.78, 5) is 29.5. The summed E-state index contributed by atoms with van der Waals surface area (Å²) in [6, 6.07) is 0. The highest BCUT2D eigenvalue weighted by atomic mass is 17.2. The monoisotopic (exact) mass is 206 g/mol. The van der Waals surface area contributed by atoms with Crippen molar-refractivity contribution in [3.63, 3.8) is 0 Å². The molecule has 0 aromatic rings. The Morgan fingerprint density at radius 2 is 2.00 bits per heavy atom. The molecule has 0 saturated heterocycles. The second-order valence-electron chi connectivity index (χ2n) is 2.59. The summed E-state index contributed by atoms with van der Waals surface area (Å²) in [6.45, 7) is 2.72. The molecule has 0 rings (SSSR count). The first-order valence-electron chi connectivity index (χ1n) is 4.04. The number of rotatable bonds is 6. The lowest BCUT2D eigenvalue weighted by Crippen LogP contribution is -2.23. The Morgan fingerprint density at radius 1 is 1.36 bits per heavy atom. The highest BCUT2D eigenvalue weighted by Crippen LogP contribution is 1.93. The predicted octanol–water partition coefficient (Wildman–Crippen LogP) is 0.0592. The Bertz CT molecular complexity index is 190. The van der Waals surface area contributed by atoms with E-state index >= 15 is 0 Å². The minimum absolute atomic E-state index is 0.305. The molecule has 0 N–H and O–H groups in total. The molecule has 14 heavy (non-hydrogen) atoms. The van der Waals surface area contributed by atoms with Crippen molar-refractivity contribution in [2.75, 3.05) is 20.3 Å². The molecule has 0 amide bonds. The molecule has 6 heteroatoms. The number of ether oxygens (including phenoxy) is 2. The van der Waals surface area contributed by atoms with Gasteiger partial charge >= 0.3 is 11.9 Å². The first-order chi connectivity index (χ1) is 6.56. The molecule has 0 radical (unpaired) electrons. The van der Waals surface area contributed by atoms with Gasteiger partial charge in [0, 0.05) is 14.0 Å². The fourth-order valence-electron chi connectivity index (χ4n) is 0.688. The van der Waals surface area contributed by atoms with Gasteiger partial charge in [0.05, 0.1) is 6.61 Å². The summed E-state index contributed by atoms with van der Waals surface area (Å²) in [7, 11) is 1.50. The van der Waals surface area contributed by atoms with Crippen molar-refractivity contribution in [2.45, 2.75) is 20.0 Å². The molecule has 82 valence electrons. The summed E-state index contributed by atoms with van der Waals surface area (Å²) in [5.74, 6) is -1.24. The molecule has 6 nitrogen and oxygen atoms in total. The molecule has 0 aromatic heterocycles. The highest BCUT2D eigenvalue weighted by molar-refractivity contribution is 5.71. The molecule has 0 saturated carbocycles. The van der Waals surface area contributed by atoms with E-state index in [1.165, 1.54) is 14.0 Å². The largest absolute Gasteiger partial charge is 0.458 e. The molecule has 0 aromatic carbocycles. The number of methoxy groups -OCH3 is 1. The van der Waals surface area contributed by atoms with Crippen LogP contribution in [0.5, 0.6) is 0 Å². The Hall–Kier alpha value is -1.14. The lowest BCUT2D eigenvalue weighted by Gasteiger charge is -2.11. The van der Waals surface area contributed by atoms with Crippen LogP contribution < -0.4 is 0 Å². The minimum atomic E-state index is -0.622. The number of carbonyl (C=O) groups is 2. The molecular formula is C8H14O6. The number of hydrogen-bond donors (Lipinski definition) is 0. The molecular weight excluding hydrogens is 192 g/mol. The Labute approximate surface area is 82.0 Å². The fourth-order valence-corrected chi connectivity index (χ4v) is 0.688. The van der Waals surface area contributed by atoms with Crippen molar-refractivity contribution in [3.8, 4) is 0 Å². The van der Waals surface area contributed by atoms with Gasteiger partial charge in [0.15, 0.2) is 6.61 Å². The molecule has 0 heterocycles. The van der Waals surface area contributed by atoms with Gasteiger partial charge in [0.1, 0.15) is 6.10 Å². The average molecular weight is 206 g/mol. The Balaban J connectivity index is 3.50. The highest BCUT2D eigenvalue weighted by Gasteiger charge is 2.10. The van der Waals surface area contributed by atoms with Crippen molar-refractivity contribution >= 4 is 11.9 Å². The van der Waals surface area contributed by atoms with Gasteiger partial charge in [0.25, 0.3) is 0 Å². The normalized spacial score (nSPS) is 11.9. The second kappa shape index (κ2) is 7.28.